The fourth-order valence-corrected chi connectivity index (χ4v) is 2.95. The van der Waals surface area contributed by atoms with Gasteiger partial charge in [-0.25, -0.2) is 0 Å². The van der Waals surface area contributed by atoms with Crippen LogP contribution in [0.15, 0.2) is 36.4 Å². The van der Waals surface area contributed by atoms with Gasteiger partial charge in [0.1, 0.15) is 0 Å². The molecule has 0 spiro atoms. The molecule has 1 aromatic heterocycles. The lowest BCUT2D eigenvalue weighted by atomic mass is 10.1. The van der Waals surface area contributed by atoms with Crippen LogP contribution in [0, 0.1) is 0 Å². The molecular formula is C18H21ClN4O. The van der Waals surface area contributed by atoms with E-state index in [1.54, 1.807) is 0 Å². The van der Waals surface area contributed by atoms with Crippen LogP contribution >= 0.6 is 11.6 Å². The highest BCUT2D eigenvalue weighted by Gasteiger charge is 2.21. The lowest BCUT2D eigenvalue weighted by molar-refractivity contribution is -0.131. The Labute approximate surface area is 147 Å². The number of hydrogen-bond donors (Lipinski definition) is 0. The fourth-order valence-electron chi connectivity index (χ4n) is 2.83. The number of aromatic nitrogens is 2. The van der Waals surface area contributed by atoms with E-state index in [0.29, 0.717) is 11.4 Å². The van der Waals surface area contributed by atoms with Gasteiger partial charge in [-0.1, -0.05) is 30.7 Å². The maximum absolute atomic E-state index is 11.9. The van der Waals surface area contributed by atoms with E-state index in [-0.39, 0.29) is 5.91 Å². The third-order valence-corrected chi connectivity index (χ3v) is 4.46. The van der Waals surface area contributed by atoms with Crippen molar-refractivity contribution < 1.29 is 4.79 Å². The summed E-state index contributed by atoms with van der Waals surface area (Å²) in [5.74, 6) is 1.11. The summed E-state index contributed by atoms with van der Waals surface area (Å²) >= 11 is 5.91. The second-order valence-corrected chi connectivity index (χ2v) is 6.34. The topological polar surface area (TPSA) is 49.3 Å². The van der Waals surface area contributed by atoms with E-state index in [0.717, 1.165) is 49.7 Å². The van der Waals surface area contributed by atoms with Gasteiger partial charge in [0.2, 0.25) is 5.91 Å². The summed E-state index contributed by atoms with van der Waals surface area (Å²) in [5, 5.41) is 9.38. The molecule has 5 nitrogen and oxygen atoms in total. The molecule has 1 fully saturated rings. The van der Waals surface area contributed by atoms with Crippen LogP contribution in [0.5, 0.6) is 0 Å². The zero-order valence-corrected chi connectivity index (χ0v) is 14.5. The number of hydrogen-bond acceptors (Lipinski definition) is 4. The molecule has 2 aromatic rings. The molecular weight excluding hydrogens is 324 g/mol. The smallest absolute Gasteiger partial charge is 0.222 e. The number of carbonyl (C=O) groups excluding carboxylic acids is 1. The van der Waals surface area contributed by atoms with E-state index < -0.39 is 0 Å². The van der Waals surface area contributed by atoms with Gasteiger partial charge in [0, 0.05) is 43.2 Å². The molecule has 0 unspecified atom stereocenters. The molecule has 3 rings (SSSR count). The molecule has 2 heterocycles. The summed E-state index contributed by atoms with van der Waals surface area (Å²) in [4.78, 5) is 16.1. The van der Waals surface area contributed by atoms with Gasteiger partial charge in [-0.3, -0.25) is 4.79 Å². The average molecular weight is 345 g/mol. The van der Waals surface area contributed by atoms with Crippen LogP contribution in [-0.2, 0) is 4.79 Å². The molecule has 0 saturated carbocycles. The molecule has 1 aliphatic heterocycles. The van der Waals surface area contributed by atoms with Crippen molar-refractivity contribution in [2.24, 2.45) is 0 Å². The van der Waals surface area contributed by atoms with Gasteiger partial charge in [-0.15, -0.1) is 10.2 Å². The standard InChI is InChI=1S/C18H21ClN4O/c1-2-3-18(24)23-12-10-22(11-13-23)17-9-8-16(20-21-17)14-4-6-15(19)7-5-14/h4-9H,2-3,10-13H2,1H3. The second-order valence-electron chi connectivity index (χ2n) is 5.90. The Bertz CT molecular complexity index is 679. The van der Waals surface area contributed by atoms with E-state index in [4.69, 9.17) is 11.6 Å². The number of benzene rings is 1. The van der Waals surface area contributed by atoms with Crippen LogP contribution < -0.4 is 4.90 Å². The third-order valence-electron chi connectivity index (χ3n) is 4.21. The maximum atomic E-state index is 11.9. The van der Waals surface area contributed by atoms with Crippen LogP contribution in [0.1, 0.15) is 19.8 Å². The molecule has 1 aromatic carbocycles. The summed E-state index contributed by atoms with van der Waals surface area (Å²) in [7, 11) is 0. The second kappa shape index (κ2) is 7.62. The fraction of sp³-hybridized carbons (Fsp3) is 0.389. The monoisotopic (exact) mass is 344 g/mol. The number of rotatable bonds is 4. The van der Waals surface area contributed by atoms with E-state index >= 15 is 0 Å². The Balaban J connectivity index is 1.62. The largest absolute Gasteiger partial charge is 0.352 e. The molecule has 6 heteroatoms. The van der Waals surface area contributed by atoms with Crippen LogP contribution in [0.4, 0.5) is 5.82 Å². The molecule has 1 amide bonds. The van der Waals surface area contributed by atoms with Gasteiger partial charge in [0.05, 0.1) is 5.69 Å². The molecule has 0 bridgehead atoms. The highest BCUT2D eigenvalue weighted by molar-refractivity contribution is 6.30. The predicted molar refractivity (Wildman–Crippen MR) is 96.2 cm³/mol. The minimum absolute atomic E-state index is 0.251. The molecule has 0 aliphatic carbocycles. The van der Waals surface area contributed by atoms with E-state index in [1.807, 2.05) is 48.2 Å². The lowest BCUT2D eigenvalue weighted by Gasteiger charge is -2.35. The Hall–Kier alpha value is -2.14. The Morgan fingerprint density at radius 2 is 1.75 bits per heavy atom. The first-order chi connectivity index (χ1) is 11.7. The minimum Gasteiger partial charge on any atom is -0.352 e. The van der Waals surface area contributed by atoms with Crippen molar-refractivity contribution in [1.29, 1.82) is 0 Å². The van der Waals surface area contributed by atoms with Crippen molar-refractivity contribution in [2.45, 2.75) is 19.8 Å². The Morgan fingerprint density at radius 1 is 1.04 bits per heavy atom. The lowest BCUT2D eigenvalue weighted by Crippen LogP contribution is -2.49. The SMILES string of the molecule is CCCC(=O)N1CCN(c2ccc(-c3ccc(Cl)cc3)nn2)CC1. The predicted octanol–water partition coefficient (Wildman–Crippen LogP) is 3.25. The van der Waals surface area contributed by atoms with Gasteiger partial charge in [-0.2, -0.15) is 0 Å². The van der Waals surface area contributed by atoms with E-state index in [9.17, 15) is 4.79 Å². The zero-order chi connectivity index (χ0) is 16.9. The van der Waals surface area contributed by atoms with Gasteiger partial charge in [0.25, 0.3) is 0 Å². The number of amides is 1. The summed E-state index contributed by atoms with van der Waals surface area (Å²) in [5.41, 5.74) is 1.82. The Morgan fingerprint density at radius 3 is 2.33 bits per heavy atom. The average Bonchev–Trinajstić information content (AvgIpc) is 2.63. The summed E-state index contributed by atoms with van der Waals surface area (Å²) in [6, 6.07) is 11.5. The minimum atomic E-state index is 0.251. The highest BCUT2D eigenvalue weighted by atomic mass is 35.5. The molecule has 0 atom stereocenters. The van der Waals surface area contributed by atoms with Crippen LogP contribution in [-0.4, -0.2) is 47.2 Å². The van der Waals surface area contributed by atoms with E-state index in [1.165, 1.54) is 0 Å². The molecule has 0 radical (unpaired) electrons. The number of carbonyl (C=O) groups is 1. The Kier molecular flexibility index (Phi) is 5.30. The van der Waals surface area contributed by atoms with Crippen LogP contribution in [0.3, 0.4) is 0 Å². The molecule has 126 valence electrons. The first kappa shape index (κ1) is 16.7. The molecule has 0 N–H and O–H groups in total. The maximum Gasteiger partial charge on any atom is 0.222 e. The number of halogens is 1. The van der Waals surface area contributed by atoms with Crippen LogP contribution in [0.2, 0.25) is 5.02 Å². The quantitative estimate of drug-likeness (QED) is 0.854. The number of piperazine rings is 1. The van der Waals surface area contributed by atoms with Crippen LogP contribution in [0.25, 0.3) is 11.3 Å². The van der Waals surface area contributed by atoms with Gasteiger partial charge in [-0.05, 0) is 30.7 Å². The number of nitrogens with zero attached hydrogens (tertiary/aromatic N) is 4. The summed E-state index contributed by atoms with van der Waals surface area (Å²) in [6.07, 6.45) is 1.53. The highest BCUT2D eigenvalue weighted by Crippen LogP contribution is 2.21. The van der Waals surface area contributed by atoms with E-state index in [2.05, 4.69) is 15.1 Å². The van der Waals surface area contributed by atoms with Gasteiger partial charge >= 0.3 is 0 Å². The van der Waals surface area contributed by atoms with Crippen molar-refractivity contribution >= 4 is 23.3 Å². The first-order valence-electron chi connectivity index (χ1n) is 8.30. The van der Waals surface area contributed by atoms with Crippen molar-refractivity contribution in [2.75, 3.05) is 31.1 Å². The van der Waals surface area contributed by atoms with Crippen molar-refractivity contribution in [3.8, 4) is 11.3 Å². The normalized spacial score (nSPS) is 14.8. The summed E-state index contributed by atoms with van der Waals surface area (Å²) < 4.78 is 0. The van der Waals surface area contributed by atoms with Crippen molar-refractivity contribution in [1.82, 2.24) is 15.1 Å². The van der Waals surface area contributed by atoms with Crippen molar-refractivity contribution in [3.63, 3.8) is 0 Å². The van der Waals surface area contributed by atoms with Gasteiger partial charge in [0.15, 0.2) is 5.82 Å². The summed E-state index contributed by atoms with van der Waals surface area (Å²) in [6.45, 7) is 5.12. The van der Waals surface area contributed by atoms with Crippen molar-refractivity contribution in [3.05, 3.63) is 41.4 Å². The molecule has 24 heavy (non-hydrogen) atoms. The van der Waals surface area contributed by atoms with Gasteiger partial charge < -0.3 is 9.80 Å². The number of anilines is 1. The first-order valence-corrected chi connectivity index (χ1v) is 8.67. The molecule has 1 saturated heterocycles. The zero-order valence-electron chi connectivity index (χ0n) is 13.8. The molecule has 1 aliphatic rings. The third kappa shape index (κ3) is 3.85.